The zero-order valence-corrected chi connectivity index (χ0v) is 7.99. The average molecular weight is 192 g/mol. The van der Waals surface area contributed by atoms with Crippen LogP contribution in [0.25, 0.3) is 0 Å². The second kappa shape index (κ2) is 4.11. The Bertz CT molecular complexity index is 378. The van der Waals surface area contributed by atoms with Crippen LogP contribution in [0.5, 0.6) is 0 Å². The lowest BCUT2D eigenvalue weighted by molar-refractivity contribution is 0.433. The Labute approximate surface area is 81.9 Å². The van der Waals surface area contributed by atoms with Gasteiger partial charge in [-0.1, -0.05) is 0 Å². The zero-order valence-electron chi connectivity index (χ0n) is 7.99. The molecule has 0 fully saturated rings. The summed E-state index contributed by atoms with van der Waals surface area (Å²) in [5, 5.41) is 3.00. The highest BCUT2D eigenvalue weighted by atomic mass is 16.4. The zero-order chi connectivity index (χ0) is 9.80. The van der Waals surface area contributed by atoms with Gasteiger partial charge in [-0.3, -0.25) is 0 Å². The Morgan fingerprint density at radius 1 is 1.43 bits per heavy atom. The van der Waals surface area contributed by atoms with Crippen molar-refractivity contribution >= 4 is 0 Å². The van der Waals surface area contributed by atoms with Gasteiger partial charge in [0.2, 0.25) is 5.89 Å². The van der Waals surface area contributed by atoms with Gasteiger partial charge in [0, 0.05) is 0 Å². The monoisotopic (exact) mass is 192 g/mol. The molecule has 0 aliphatic carbocycles. The highest BCUT2D eigenvalue weighted by molar-refractivity contribution is 5.05. The van der Waals surface area contributed by atoms with E-state index in [0.717, 1.165) is 11.5 Å². The standard InChI is InChI=1S/C10H12N2O2/c1-11-6-9-7-12-10(14-9)5-8-3-2-4-13-8/h2-4,7,11H,5-6H2,1H3. The lowest BCUT2D eigenvalue weighted by atomic mass is 10.3. The first-order chi connectivity index (χ1) is 6.88. The van der Waals surface area contributed by atoms with Crippen LogP contribution >= 0.6 is 0 Å². The number of hydrogen-bond acceptors (Lipinski definition) is 4. The van der Waals surface area contributed by atoms with E-state index in [0.29, 0.717) is 18.9 Å². The van der Waals surface area contributed by atoms with E-state index in [1.807, 2.05) is 19.2 Å². The van der Waals surface area contributed by atoms with E-state index in [4.69, 9.17) is 8.83 Å². The molecule has 0 saturated carbocycles. The van der Waals surface area contributed by atoms with Crippen LogP contribution in [0.2, 0.25) is 0 Å². The van der Waals surface area contributed by atoms with Crippen molar-refractivity contribution in [2.75, 3.05) is 7.05 Å². The molecule has 0 atom stereocenters. The van der Waals surface area contributed by atoms with Crippen LogP contribution in [0.1, 0.15) is 17.4 Å². The predicted octanol–water partition coefficient (Wildman–Crippen LogP) is 1.58. The molecule has 0 unspecified atom stereocenters. The lowest BCUT2D eigenvalue weighted by Gasteiger charge is -1.92. The van der Waals surface area contributed by atoms with Crippen LogP contribution in [0.4, 0.5) is 0 Å². The number of furan rings is 1. The van der Waals surface area contributed by atoms with Gasteiger partial charge in [-0.2, -0.15) is 0 Å². The van der Waals surface area contributed by atoms with E-state index in [2.05, 4.69) is 10.3 Å². The molecule has 0 aliphatic rings. The van der Waals surface area contributed by atoms with Crippen molar-refractivity contribution in [2.24, 2.45) is 0 Å². The SMILES string of the molecule is CNCc1cnc(Cc2ccco2)o1. The molecule has 0 aromatic carbocycles. The first-order valence-electron chi connectivity index (χ1n) is 4.49. The summed E-state index contributed by atoms with van der Waals surface area (Å²) in [6, 6.07) is 3.76. The quantitative estimate of drug-likeness (QED) is 0.799. The summed E-state index contributed by atoms with van der Waals surface area (Å²) in [5.41, 5.74) is 0. The number of nitrogens with one attached hydrogen (secondary N) is 1. The molecular weight excluding hydrogens is 180 g/mol. The first-order valence-corrected chi connectivity index (χ1v) is 4.49. The molecule has 1 N–H and O–H groups in total. The minimum Gasteiger partial charge on any atom is -0.469 e. The average Bonchev–Trinajstić information content (AvgIpc) is 2.79. The third-order valence-corrected chi connectivity index (χ3v) is 1.86. The normalized spacial score (nSPS) is 10.6. The summed E-state index contributed by atoms with van der Waals surface area (Å²) in [4.78, 5) is 4.14. The summed E-state index contributed by atoms with van der Waals surface area (Å²) in [6.07, 6.45) is 3.98. The molecule has 0 amide bonds. The molecule has 4 heteroatoms. The van der Waals surface area contributed by atoms with Crippen LogP contribution in [-0.4, -0.2) is 12.0 Å². The molecule has 0 bridgehead atoms. The molecule has 4 nitrogen and oxygen atoms in total. The Kier molecular flexibility index (Phi) is 2.65. The van der Waals surface area contributed by atoms with Crippen LogP contribution < -0.4 is 5.32 Å². The summed E-state index contributed by atoms with van der Waals surface area (Å²) >= 11 is 0. The maximum Gasteiger partial charge on any atom is 0.202 e. The molecular formula is C10H12N2O2. The fourth-order valence-electron chi connectivity index (χ4n) is 1.25. The van der Waals surface area contributed by atoms with E-state index >= 15 is 0 Å². The summed E-state index contributed by atoms with van der Waals surface area (Å²) in [7, 11) is 1.87. The molecule has 2 rings (SSSR count). The van der Waals surface area contributed by atoms with Gasteiger partial charge in [0.15, 0.2) is 0 Å². The minimum absolute atomic E-state index is 0.608. The fourth-order valence-corrected chi connectivity index (χ4v) is 1.25. The highest BCUT2D eigenvalue weighted by Crippen LogP contribution is 2.10. The van der Waals surface area contributed by atoms with Crippen molar-refractivity contribution in [2.45, 2.75) is 13.0 Å². The van der Waals surface area contributed by atoms with E-state index in [1.54, 1.807) is 12.5 Å². The van der Waals surface area contributed by atoms with Gasteiger partial charge >= 0.3 is 0 Å². The minimum atomic E-state index is 0.608. The van der Waals surface area contributed by atoms with Crippen molar-refractivity contribution in [1.29, 1.82) is 0 Å². The Hall–Kier alpha value is -1.55. The number of nitrogens with zero attached hydrogens (tertiary/aromatic N) is 1. The molecule has 0 radical (unpaired) electrons. The van der Waals surface area contributed by atoms with Gasteiger partial charge in [0.05, 0.1) is 25.4 Å². The third-order valence-electron chi connectivity index (χ3n) is 1.86. The summed E-state index contributed by atoms with van der Waals surface area (Å²) < 4.78 is 10.7. The number of oxazole rings is 1. The summed E-state index contributed by atoms with van der Waals surface area (Å²) in [5.74, 6) is 2.39. The van der Waals surface area contributed by atoms with Crippen LogP contribution in [0, 0.1) is 0 Å². The molecule has 0 aliphatic heterocycles. The van der Waals surface area contributed by atoms with Crippen LogP contribution in [0.3, 0.4) is 0 Å². The molecule has 2 heterocycles. The molecule has 2 aromatic heterocycles. The van der Waals surface area contributed by atoms with Crippen molar-refractivity contribution < 1.29 is 8.83 Å². The van der Waals surface area contributed by atoms with Gasteiger partial charge in [-0.05, 0) is 19.2 Å². The van der Waals surface area contributed by atoms with Crippen molar-refractivity contribution in [3.05, 3.63) is 42.0 Å². The van der Waals surface area contributed by atoms with E-state index < -0.39 is 0 Å². The topological polar surface area (TPSA) is 51.2 Å². The summed E-state index contributed by atoms with van der Waals surface area (Å²) in [6.45, 7) is 0.700. The van der Waals surface area contributed by atoms with Gasteiger partial charge in [0.25, 0.3) is 0 Å². The smallest absolute Gasteiger partial charge is 0.202 e. The largest absolute Gasteiger partial charge is 0.469 e. The van der Waals surface area contributed by atoms with E-state index in [-0.39, 0.29) is 0 Å². The van der Waals surface area contributed by atoms with Crippen LogP contribution in [-0.2, 0) is 13.0 Å². The molecule has 14 heavy (non-hydrogen) atoms. The van der Waals surface area contributed by atoms with Crippen molar-refractivity contribution in [3.63, 3.8) is 0 Å². The highest BCUT2D eigenvalue weighted by Gasteiger charge is 2.05. The van der Waals surface area contributed by atoms with Gasteiger partial charge in [-0.25, -0.2) is 4.98 Å². The van der Waals surface area contributed by atoms with Crippen molar-refractivity contribution in [3.8, 4) is 0 Å². The molecule has 2 aromatic rings. The lowest BCUT2D eigenvalue weighted by Crippen LogP contribution is -2.03. The number of aromatic nitrogens is 1. The van der Waals surface area contributed by atoms with Gasteiger partial charge in [0.1, 0.15) is 11.5 Å². The predicted molar refractivity (Wildman–Crippen MR) is 50.8 cm³/mol. The Morgan fingerprint density at radius 2 is 2.36 bits per heavy atom. The van der Waals surface area contributed by atoms with Crippen molar-refractivity contribution in [1.82, 2.24) is 10.3 Å². The van der Waals surface area contributed by atoms with Gasteiger partial charge in [-0.15, -0.1) is 0 Å². The fraction of sp³-hybridized carbons (Fsp3) is 0.300. The second-order valence-electron chi connectivity index (χ2n) is 3.01. The van der Waals surface area contributed by atoms with Gasteiger partial charge < -0.3 is 14.2 Å². The molecule has 74 valence electrons. The molecule has 0 spiro atoms. The maximum atomic E-state index is 5.46. The Morgan fingerprint density at radius 3 is 3.07 bits per heavy atom. The maximum absolute atomic E-state index is 5.46. The number of rotatable bonds is 4. The first kappa shape index (κ1) is 9.02. The Balaban J connectivity index is 2.03. The molecule has 0 saturated heterocycles. The van der Waals surface area contributed by atoms with E-state index in [1.165, 1.54) is 0 Å². The second-order valence-corrected chi connectivity index (χ2v) is 3.01. The van der Waals surface area contributed by atoms with Crippen LogP contribution in [0.15, 0.2) is 33.4 Å². The van der Waals surface area contributed by atoms with E-state index in [9.17, 15) is 0 Å². The third kappa shape index (κ3) is 2.03. The number of hydrogen-bond donors (Lipinski definition) is 1.